The summed E-state index contributed by atoms with van der Waals surface area (Å²) in [6, 6.07) is 16.9. The van der Waals surface area contributed by atoms with Crippen LogP contribution in [0.1, 0.15) is 17.0 Å². The van der Waals surface area contributed by atoms with Gasteiger partial charge in [-0.05, 0) is 35.7 Å². The summed E-state index contributed by atoms with van der Waals surface area (Å²) in [6.07, 6.45) is 0. The number of nitrogens with one attached hydrogen (secondary N) is 1. The highest BCUT2D eigenvalue weighted by Crippen LogP contribution is 2.67. The first-order valence-corrected chi connectivity index (χ1v) is 7.70. The van der Waals surface area contributed by atoms with Gasteiger partial charge in [-0.3, -0.25) is 0 Å². The number of benzene rings is 2. The number of piperidine rings is 1. The van der Waals surface area contributed by atoms with Crippen molar-refractivity contribution in [3.8, 4) is 0 Å². The van der Waals surface area contributed by atoms with E-state index in [0.29, 0.717) is 21.9 Å². The third-order valence-corrected chi connectivity index (χ3v) is 5.65. The average molecular weight is 304 g/mol. The highest BCUT2D eigenvalue weighted by atomic mass is 35.5. The van der Waals surface area contributed by atoms with Crippen LogP contribution in [0.25, 0.3) is 0 Å². The molecule has 0 radical (unpaired) electrons. The van der Waals surface area contributed by atoms with Crippen molar-refractivity contribution in [3.05, 3.63) is 69.7 Å². The van der Waals surface area contributed by atoms with E-state index < -0.39 is 0 Å². The molecule has 2 fully saturated rings. The fourth-order valence-electron chi connectivity index (χ4n) is 3.97. The maximum Gasteiger partial charge on any atom is 0.0595 e. The number of fused-ring (bicyclic) bond motifs is 1. The largest absolute Gasteiger partial charge is 0.315 e. The molecule has 0 bridgehead atoms. The van der Waals surface area contributed by atoms with E-state index in [4.69, 9.17) is 23.2 Å². The van der Waals surface area contributed by atoms with Crippen molar-refractivity contribution in [3.63, 3.8) is 0 Å². The van der Waals surface area contributed by atoms with Crippen molar-refractivity contribution in [2.24, 2.45) is 5.92 Å². The summed E-state index contributed by atoms with van der Waals surface area (Å²) in [5.41, 5.74) is 2.95. The van der Waals surface area contributed by atoms with E-state index >= 15 is 0 Å². The minimum absolute atomic E-state index is 0.204. The van der Waals surface area contributed by atoms with E-state index in [1.54, 1.807) is 0 Å². The van der Waals surface area contributed by atoms with Crippen molar-refractivity contribution in [2.75, 3.05) is 13.1 Å². The SMILES string of the molecule is Clc1ccc([C@@]23CNC[C@@H]2[C@H]3c2ccccc2)cc1Cl. The molecular formula is C17H15Cl2N. The van der Waals surface area contributed by atoms with Crippen LogP contribution in [0.4, 0.5) is 0 Å². The molecule has 1 nitrogen and oxygen atoms in total. The molecule has 1 saturated heterocycles. The molecule has 20 heavy (non-hydrogen) atoms. The lowest BCUT2D eigenvalue weighted by Gasteiger charge is -2.17. The Kier molecular flexibility index (Phi) is 2.85. The highest BCUT2D eigenvalue weighted by molar-refractivity contribution is 6.42. The fraction of sp³-hybridized carbons (Fsp3) is 0.294. The van der Waals surface area contributed by atoms with E-state index in [1.165, 1.54) is 11.1 Å². The molecule has 0 spiro atoms. The van der Waals surface area contributed by atoms with Gasteiger partial charge in [-0.15, -0.1) is 0 Å². The lowest BCUT2D eigenvalue weighted by molar-refractivity contribution is 0.636. The van der Waals surface area contributed by atoms with Crippen LogP contribution < -0.4 is 5.32 Å². The molecule has 3 atom stereocenters. The summed E-state index contributed by atoms with van der Waals surface area (Å²) in [7, 11) is 0. The van der Waals surface area contributed by atoms with Crippen molar-refractivity contribution in [1.82, 2.24) is 5.32 Å². The Morgan fingerprint density at radius 3 is 2.55 bits per heavy atom. The average Bonchev–Trinajstić information content (AvgIpc) is 2.92. The van der Waals surface area contributed by atoms with Crippen molar-refractivity contribution >= 4 is 23.2 Å². The minimum atomic E-state index is 0.204. The van der Waals surface area contributed by atoms with Gasteiger partial charge < -0.3 is 5.32 Å². The van der Waals surface area contributed by atoms with E-state index in [0.717, 1.165) is 13.1 Å². The predicted molar refractivity (Wildman–Crippen MR) is 83.7 cm³/mol. The summed E-state index contributed by atoms with van der Waals surface area (Å²) in [6.45, 7) is 2.11. The summed E-state index contributed by atoms with van der Waals surface area (Å²) in [5.74, 6) is 1.27. The molecule has 3 heteroatoms. The van der Waals surface area contributed by atoms with Gasteiger partial charge in [0.25, 0.3) is 0 Å². The first kappa shape index (κ1) is 12.7. The Balaban J connectivity index is 1.77. The standard InChI is InChI=1S/C17H15Cl2N/c18-14-7-6-12(8-15(14)19)17-10-20-9-13(17)16(17)11-4-2-1-3-5-11/h1-8,13,16,20H,9-10H2/t13-,16-,17+/m1/s1. The van der Waals surface area contributed by atoms with Gasteiger partial charge in [0.2, 0.25) is 0 Å². The Morgan fingerprint density at radius 2 is 1.80 bits per heavy atom. The minimum Gasteiger partial charge on any atom is -0.315 e. The van der Waals surface area contributed by atoms with Crippen molar-refractivity contribution in [1.29, 1.82) is 0 Å². The van der Waals surface area contributed by atoms with E-state index in [-0.39, 0.29) is 5.41 Å². The van der Waals surface area contributed by atoms with Gasteiger partial charge in [-0.25, -0.2) is 0 Å². The summed E-state index contributed by atoms with van der Waals surface area (Å²) >= 11 is 12.3. The van der Waals surface area contributed by atoms with Crippen molar-refractivity contribution < 1.29 is 0 Å². The normalized spacial score (nSPS) is 31.1. The number of hydrogen-bond donors (Lipinski definition) is 1. The molecule has 2 aromatic carbocycles. The van der Waals surface area contributed by atoms with Gasteiger partial charge in [-0.2, -0.15) is 0 Å². The molecule has 4 rings (SSSR count). The molecule has 1 N–H and O–H groups in total. The fourth-order valence-corrected chi connectivity index (χ4v) is 4.26. The van der Waals surface area contributed by atoms with Gasteiger partial charge >= 0.3 is 0 Å². The zero-order valence-electron chi connectivity index (χ0n) is 10.9. The van der Waals surface area contributed by atoms with Gasteiger partial charge in [-0.1, -0.05) is 59.6 Å². The van der Waals surface area contributed by atoms with Crippen LogP contribution in [0.5, 0.6) is 0 Å². The van der Waals surface area contributed by atoms with Gasteiger partial charge in [0.1, 0.15) is 0 Å². The Labute approximate surface area is 128 Å². The molecule has 1 heterocycles. The third kappa shape index (κ3) is 1.67. The molecule has 0 amide bonds. The Bertz CT molecular complexity index is 655. The second-order valence-corrected chi connectivity index (χ2v) is 6.61. The predicted octanol–water partition coefficient (Wildman–Crippen LogP) is 4.25. The van der Waals surface area contributed by atoms with Gasteiger partial charge in [0.15, 0.2) is 0 Å². The molecule has 2 aromatic rings. The van der Waals surface area contributed by atoms with E-state index in [9.17, 15) is 0 Å². The molecular weight excluding hydrogens is 289 g/mol. The number of hydrogen-bond acceptors (Lipinski definition) is 1. The van der Waals surface area contributed by atoms with Gasteiger partial charge in [0.05, 0.1) is 10.0 Å². The Morgan fingerprint density at radius 1 is 1.00 bits per heavy atom. The van der Waals surface area contributed by atoms with Crippen LogP contribution in [0, 0.1) is 5.92 Å². The summed E-state index contributed by atoms with van der Waals surface area (Å²) in [5, 5.41) is 4.81. The first-order valence-electron chi connectivity index (χ1n) is 6.94. The van der Waals surface area contributed by atoms with Gasteiger partial charge in [0, 0.05) is 17.9 Å². The van der Waals surface area contributed by atoms with Crippen LogP contribution >= 0.6 is 23.2 Å². The second kappa shape index (κ2) is 4.49. The lowest BCUT2D eigenvalue weighted by atomic mass is 9.91. The molecule has 2 aliphatic rings. The third-order valence-electron chi connectivity index (χ3n) is 4.91. The monoisotopic (exact) mass is 303 g/mol. The maximum atomic E-state index is 6.21. The molecule has 1 saturated carbocycles. The van der Waals surface area contributed by atoms with Crippen LogP contribution in [0.3, 0.4) is 0 Å². The second-order valence-electron chi connectivity index (χ2n) is 5.80. The van der Waals surface area contributed by atoms with Crippen LogP contribution in [-0.2, 0) is 5.41 Å². The smallest absolute Gasteiger partial charge is 0.0595 e. The van der Waals surface area contributed by atoms with Crippen LogP contribution in [-0.4, -0.2) is 13.1 Å². The van der Waals surface area contributed by atoms with Crippen molar-refractivity contribution in [2.45, 2.75) is 11.3 Å². The van der Waals surface area contributed by atoms with E-state index in [1.807, 2.05) is 12.1 Å². The molecule has 0 unspecified atom stereocenters. The molecule has 102 valence electrons. The zero-order valence-corrected chi connectivity index (χ0v) is 12.5. The quantitative estimate of drug-likeness (QED) is 0.874. The lowest BCUT2D eigenvalue weighted by Crippen LogP contribution is -2.22. The first-order chi connectivity index (χ1) is 9.73. The number of halogens is 2. The molecule has 1 aliphatic heterocycles. The zero-order chi connectivity index (χ0) is 13.7. The molecule has 0 aromatic heterocycles. The topological polar surface area (TPSA) is 12.0 Å². The highest BCUT2D eigenvalue weighted by Gasteiger charge is 2.67. The number of rotatable bonds is 2. The van der Waals surface area contributed by atoms with Crippen LogP contribution in [0.15, 0.2) is 48.5 Å². The summed E-state index contributed by atoms with van der Waals surface area (Å²) < 4.78 is 0. The maximum absolute atomic E-state index is 6.21. The summed E-state index contributed by atoms with van der Waals surface area (Å²) in [4.78, 5) is 0. The molecule has 1 aliphatic carbocycles. The van der Waals surface area contributed by atoms with E-state index in [2.05, 4.69) is 41.7 Å². The Hall–Kier alpha value is -1.02. The van der Waals surface area contributed by atoms with Crippen LogP contribution in [0.2, 0.25) is 10.0 Å².